The Kier molecular flexibility index (Phi) is 7.21. The lowest BCUT2D eigenvalue weighted by atomic mass is 10.1. The topological polar surface area (TPSA) is 122 Å². The quantitative estimate of drug-likeness (QED) is 0.567. The van der Waals surface area contributed by atoms with Gasteiger partial charge in [-0.3, -0.25) is 14.4 Å². The summed E-state index contributed by atoms with van der Waals surface area (Å²) in [6.07, 6.45) is 0. The van der Waals surface area contributed by atoms with Gasteiger partial charge in [0.1, 0.15) is 17.7 Å². The number of aromatic amines is 1. The van der Waals surface area contributed by atoms with Crippen molar-refractivity contribution in [1.29, 1.82) is 0 Å². The van der Waals surface area contributed by atoms with Crippen LogP contribution in [0.15, 0.2) is 29.1 Å². The minimum Gasteiger partial charge on any atom is -0.501 e. The van der Waals surface area contributed by atoms with Gasteiger partial charge in [-0.2, -0.15) is 0 Å². The lowest BCUT2D eigenvalue weighted by molar-refractivity contribution is -0.137. The van der Waals surface area contributed by atoms with Crippen LogP contribution in [0.5, 0.6) is 5.75 Å². The van der Waals surface area contributed by atoms with Crippen LogP contribution in [0.3, 0.4) is 0 Å². The van der Waals surface area contributed by atoms with Crippen molar-refractivity contribution in [2.75, 3.05) is 47.3 Å². The van der Waals surface area contributed by atoms with Gasteiger partial charge in [-0.15, -0.1) is 0 Å². The molecule has 1 atom stereocenters. The highest BCUT2D eigenvalue weighted by molar-refractivity contribution is 5.94. The molecule has 0 bridgehead atoms. The first-order valence-electron chi connectivity index (χ1n) is 10.1. The van der Waals surface area contributed by atoms with Gasteiger partial charge in [0, 0.05) is 26.2 Å². The number of H-pyrrole nitrogens is 1. The van der Waals surface area contributed by atoms with Crippen molar-refractivity contribution in [1.82, 2.24) is 30.0 Å². The second-order valence-corrected chi connectivity index (χ2v) is 8.06. The fourth-order valence-corrected chi connectivity index (χ4v) is 3.48. The molecule has 1 aromatic heterocycles. The van der Waals surface area contributed by atoms with Crippen LogP contribution in [0, 0.1) is 5.82 Å². The average Bonchev–Trinajstić information content (AvgIpc) is 2.74. The third kappa shape index (κ3) is 5.48. The van der Waals surface area contributed by atoms with Crippen LogP contribution in [-0.4, -0.2) is 88.9 Å². The highest BCUT2D eigenvalue weighted by Crippen LogP contribution is 2.23. The fraction of sp³-hybridized carbons (Fsp3) is 0.429. The highest BCUT2D eigenvalue weighted by Gasteiger charge is 2.33. The predicted octanol–water partition coefficient (Wildman–Crippen LogP) is -0.0787. The second kappa shape index (κ2) is 9.88. The van der Waals surface area contributed by atoms with Crippen molar-refractivity contribution < 1.29 is 19.1 Å². The van der Waals surface area contributed by atoms with Gasteiger partial charge in [-0.05, 0) is 38.8 Å². The molecule has 32 heavy (non-hydrogen) atoms. The number of hydrogen-bond acceptors (Lipinski definition) is 7. The highest BCUT2D eigenvalue weighted by atomic mass is 19.1. The van der Waals surface area contributed by atoms with E-state index in [4.69, 9.17) is 0 Å². The lowest BCUT2D eigenvalue weighted by Gasteiger charge is -2.39. The molecular weight excluding hydrogens is 419 g/mol. The number of aromatic nitrogens is 2. The van der Waals surface area contributed by atoms with Gasteiger partial charge in [0.25, 0.3) is 11.5 Å². The first kappa shape index (κ1) is 23.4. The molecule has 3 N–H and O–H groups in total. The predicted molar refractivity (Wildman–Crippen MR) is 115 cm³/mol. The summed E-state index contributed by atoms with van der Waals surface area (Å²) in [6, 6.07) is 4.97. The SMILES string of the molecule is CN(C)CC(=O)N1CCN(C)CC1c1nc(C(=O)NCc2ccc(F)cc2)c(O)c(=O)[nH]1. The second-order valence-electron chi connectivity index (χ2n) is 8.06. The Morgan fingerprint density at radius 1 is 1.28 bits per heavy atom. The van der Waals surface area contributed by atoms with E-state index in [0.717, 1.165) is 0 Å². The smallest absolute Gasteiger partial charge is 0.294 e. The van der Waals surface area contributed by atoms with Gasteiger partial charge in [0.2, 0.25) is 11.7 Å². The normalized spacial score (nSPS) is 16.9. The van der Waals surface area contributed by atoms with E-state index in [1.807, 2.05) is 11.9 Å². The van der Waals surface area contributed by atoms with Crippen LogP contribution < -0.4 is 10.9 Å². The molecule has 3 rings (SSSR count). The van der Waals surface area contributed by atoms with Crippen molar-refractivity contribution in [3.63, 3.8) is 0 Å². The van der Waals surface area contributed by atoms with E-state index in [9.17, 15) is 23.9 Å². The maximum Gasteiger partial charge on any atom is 0.294 e. The Balaban J connectivity index is 1.86. The molecule has 1 fully saturated rings. The number of nitrogens with one attached hydrogen (secondary N) is 2. The van der Waals surface area contributed by atoms with Crippen LogP contribution in [-0.2, 0) is 11.3 Å². The van der Waals surface area contributed by atoms with E-state index in [0.29, 0.717) is 25.2 Å². The number of nitrogens with zero attached hydrogens (tertiary/aromatic N) is 4. The fourth-order valence-electron chi connectivity index (χ4n) is 3.48. The molecule has 10 nitrogen and oxygen atoms in total. The monoisotopic (exact) mass is 446 g/mol. The number of halogens is 1. The Labute approximate surface area is 184 Å². The lowest BCUT2D eigenvalue weighted by Crippen LogP contribution is -2.52. The minimum atomic E-state index is -0.866. The molecule has 0 spiro atoms. The number of aromatic hydroxyl groups is 1. The van der Waals surface area contributed by atoms with E-state index in [1.54, 1.807) is 23.9 Å². The van der Waals surface area contributed by atoms with Crippen molar-refractivity contribution in [3.05, 3.63) is 57.5 Å². The summed E-state index contributed by atoms with van der Waals surface area (Å²) in [4.78, 5) is 49.9. The van der Waals surface area contributed by atoms with Crippen LogP contribution in [0.1, 0.15) is 27.9 Å². The molecular formula is C21H27FN6O4. The van der Waals surface area contributed by atoms with Crippen LogP contribution in [0.25, 0.3) is 0 Å². The van der Waals surface area contributed by atoms with Crippen LogP contribution in [0.2, 0.25) is 0 Å². The third-order valence-electron chi connectivity index (χ3n) is 5.17. The average molecular weight is 446 g/mol. The van der Waals surface area contributed by atoms with E-state index in [-0.39, 0.29) is 24.8 Å². The standard InChI is InChI=1S/C21H27FN6O4/c1-26(2)12-16(29)28-9-8-27(3)11-15(28)19-24-17(18(30)21(32)25-19)20(31)23-10-13-4-6-14(22)7-5-13/h4-7,15,30H,8-12H2,1-3H3,(H,23,31)(H,24,25,32). The van der Waals surface area contributed by atoms with Gasteiger partial charge >= 0.3 is 0 Å². The zero-order valence-electron chi connectivity index (χ0n) is 18.3. The molecule has 11 heteroatoms. The molecule has 2 amide bonds. The van der Waals surface area contributed by atoms with Gasteiger partial charge in [0.15, 0.2) is 5.69 Å². The summed E-state index contributed by atoms with van der Waals surface area (Å²) < 4.78 is 13.1. The Hall–Kier alpha value is -3.31. The molecule has 1 aliphatic heterocycles. The first-order chi connectivity index (χ1) is 15.2. The zero-order valence-corrected chi connectivity index (χ0v) is 18.3. The minimum absolute atomic E-state index is 0.0575. The van der Waals surface area contributed by atoms with Crippen molar-refractivity contribution >= 4 is 11.8 Å². The van der Waals surface area contributed by atoms with Crippen LogP contribution >= 0.6 is 0 Å². The maximum atomic E-state index is 13.1. The molecule has 2 aromatic rings. The van der Waals surface area contributed by atoms with Gasteiger partial charge in [-0.25, -0.2) is 9.37 Å². The number of likely N-dealkylation sites (N-methyl/N-ethyl adjacent to an activating group) is 2. The molecule has 1 unspecified atom stereocenters. The number of rotatable bonds is 6. The summed E-state index contributed by atoms with van der Waals surface area (Å²) in [7, 11) is 5.45. The summed E-state index contributed by atoms with van der Waals surface area (Å²) in [5, 5.41) is 12.7. The summed E-state index contributed by atoms with van der Waals surface area (Å²) >= 11 is 0. The van der Waals surface area contributed by atoms with E-state index < -0.39 is 34.8 Å². The molecule has 0 aliphatic carbocycles. The summed E-state index contributed by atoms with van der Waals surface area (Å²) in [6.45, 7) is 1.74. The third-order valence-corrected chi connectivity index (χ3v) is 5.17. The maximum absolute atomic E-state index is 13.1. The number of benzene rings is 1. The summed E-state index contributed by atoms with van der Waals surface area (Å²) in [5.74, 6) is -1.97. The van der Waals surface area contributed by atoms with Crippen molar-refractivity contribution in [2.45, 2.75) is 12.6 Å². The molecule has 0 radical (unpaired) electrons. The number of carbonyl (C=O) groups is 2. The van der Waals surface area contributed by atoms with E-state index in [2.05, 4.69) is 15.3 Å². The number of piperazine rings is 1. The molecule has 2 heterocycles. The van der Waals surface area contributed by atoms with Crippen LogP contribution in [0.4, 0.5) is 4.39 Å². The van der Waals surface area contributed by atoms with Gasteiger partial charge in [0.05, 0.1) is 6.54 Å². The Morgan fingerprint density at radius 2 is 1.97 bits per heavy atom. The largest absolute Gasteiger partial charge is 0.501 e. The molecule has 172 valence electrons. The number of carbonyl (C=O) groups excluding carboxylic acids is 2. The Morgan fingerprint density at radius 3 is 2.62 bits per heavy atom. The number of amides is 2. The molecule has 1 saturated heterocycles. The van der Waals surface area contributed by atoms with Crippen molar-refractivity contribution in [3.8, 4) is 5.75 Å². The van der Waals surface area contributed by atoms with E-state index in [1.165, 1.54) is 24.3 Å². The molecule has 0 saturated carbocycles. The van der Waals surface area contributed by atoms with E-state index >= 15 is 0 Å². The summed E-state index contributed by atoms with van der Waals surface area (Å²) in [5.41, 5.74) is -0.659. The molecule has 1 aromatic carbocycles. The Bertz CT molecular complexity index is 1040. The first-order valence-corrected chi connectivity index (χ1v) is 10.1. The molecule has 1 aliphatic rings. The zero-order chi connectivity index (χ0) is 23.4. The number of hydrogen-bond donors (Lipinski definition) is 3. The van der Waals surface area contributed by atoms with Gasteiger partial charge in [-0.1, -0.05) is 12.1 Å². The van der Waals surface area contributed by atoms with Gasteiger partial charge < -0.3 is 30.1 Å². The van der Waals surface area contributed by atoms with Crippen molar-refractivity contribution in [2.24, 2.45) is 0 Å².